The zero-order chi connectivity index (χ0) is 14.8. The minimum Gasteiger partial charge on any atom is -0.351 e. The summed E-state index contributed by atoms with van der Waals surface area (Å²) in [5.41, 5.74) is 9.68. The fraction of sp³-hybridized carbons (Fsp3) is 0.278. The summed E-state index contributed by atoms with van der Waals surface area (Å²) in [5, 5.41) is 3.11. The molecule has 108 valence electrons. The lowest BCUT2D eigenvalue weighted by atomic mass is 9.99. The Morgan fingerprint density at radius 2 is 1.81 bits per heavy atom. The standard InChI is InChI=1S/C18H20N2O/c1-12(13-7-3-2-4-8-13)18(21)20-16-11-14-9-5-6-10-15(14)17(16)19/h2-10,12,16-17H,11,19H2,1H3,(H,20,21)/t12?,16-,17-/m1/s1. The molecule has 3 nitrogen and oxygen atoms in total. The van der Waals surface area contributed by atoms with Gasteiger partial charge in [0, 0.05) is 0 Å². The average molecular weight is 280 g/mol. The number of amides is 1. The van der Waals surface area contributed by atoms with Crippen molar-refractivity contribution < 1.29 is 4.79 Å². The van der Waals surface area contributed by atoms with Crippen LogP contribution in [0, 0.1) is 0 Å². The second-order valence-electron chi connectivity index (χ2n) is 5.68. The van der Waals surface area contributed by atoms with E-state index in [1.165, 1.54) is 5.56 Å². The van der Waals surface area contributed by atoms with Crippen LogP contribution in [0.4, 0.5) is 0 Å². The largest absolute Gasteiger partial charge is 0.351 e. The highest BCUT2D eigenvalue weighted by molar-refractivity contribution is 5.83. The van der Waals surface area contributed by atoms with Crippen LogP contribution < -0.4 is 11.1 Å². The Morgan fingerprint density at radius 1 is 1.14 bits per heavy atom. The number of fused-ring (bicyclic) bond motifs is 1. The van der Waals surface area contributed by atoms with Gasteiger partial charge in [-0.25, -0.2) is 0 Å². The van der Waals surface area contributed by atoms with Gasteiger partial charge in [-0.05, 0) is 30.0 Å². The first kappa shape index (κ1) is 13.8. The lowest BCUT2D eigenvalue weighted by Gasteiger charge is -2.20. The van der Waals surface area contributed by atoms with Crippen molar-refractivity contribution in [3.05, 3.63) is 71.3 Å². The fourth-order valence-electron chi connectivity index (χ4n) is 2.97. The molecule has 3 N–H and O–H groups in total. The van der Waals surface area contributed by atoms with Crippen LogP contribution in [0.3, 0.4) is 0 Å². The third kappa shape index (κ3) is 2.69. The molecule has 0 heterocycles. The van der Waals surface area contributed by atoms with Gasteiger partial charge in [0.05, 0.1) is 18.0 Å². The van der Waals surface area contributed by atoms with Gasteiger partial charge in [-0.1, -0.05) is 54.6 Å². The SMILES string of the molecule is CC(C(=O)N[C@@H]1Cc2ccccc2[C@H]1N)c1ccccc1. The van der Waals surface area contributed by atoms with Crippen LogP contribution in [0.5, 0.6) is 0 Å². The maximum absolute atomic E-state index is 12.4. The van der Waals surface area contributed by atoms with Crippen LogP contribution in [0.2, 0.25) is 0 Å². The van der Waals surface area contributed by atoms with E-state index in [0.717, 1.165) is 17.5 Å². The summed E-state index contributed by atoms with van der Waals surface area (Å²) in [6, 6.07) is 17.8. The quantitative estimate of drug-likeness (QED) is 0.907. The molecule has 0 spiro atoms. The van der Waals surface area contributed by atoms with Gasteiger partial charge in [0.1, 0.15) is 0 Å². The Bertz CT molecular complexity index is 639. The molecule has 3 atom stereocenters. The molecule has 1 aliphatic carbocycles. The second kappa shape index (κ2) is 5.70. The molecule has 1 unspecified atom stereocenters. The first-order chi connectivity index (χ1) is 10.2. The van der Waals surface area contributed by atoms with Crippen LogP contribution in [-0.2, 0) is 11.2 Å². The van der Waals surface area contributed by atoms with Gasteiger partial charge in [-0.3, -0.25) is 4.79 Å². The number of hydrogen-bond donors (Lipinski definition) is 2. The number of nitrogens with two attached hydrogens (primary N) is 1. The summed E-state index contributed by atoms with van der Waals surface area (Å²) in [5.74, 6) is -0.128. The van der Waals surface area contributed by atoms with E-state index in [0.29, 0.717) is 0 Å². The van der Waals surface area contributed by atoms with Gasteiger partial charge in [-0.15, -0.1) is 0 Å². The molecule has 2 aromatic carbocycles. The lowest BCUT2D eigenvalue weighted by molar-refractivity contribution is -0.123. The number of carbonyl (C=O) groups excluding carboxylic acids is 1. The van der Waals surface area contributed by atoms with Gasteiger partial charge in [0.2, 0.25) is 5.91 Å². The van der Waals surface area contributed by atoms with E-state index >= 15 is 0 Å². The van der Waals surface area contributed by atoms with Crippen LogP contribution in [-0.4, -0.2) is 11.9 Å². The molecule has 0 saturated carbocycles. The summed E-state index contributed by atoms with van der Waals surface area (Å²) in [7, 11) is 0. The zero-order valence-corrected chi connectivity index (χ0v) is 12.1. The molecular weight excluding hydrogens is 260 g/mol. The summed E-state index contributed by atoms with van der Waals surface area (Å²) >= 11 is 0. The van der Waals surface area contributed by atoms with Crippen molar-refractivity contribution in [3.8, 4) is 0 Å². The fourth-order valence-corrected chi connectivity index (χ4v) is 2.97. The topological polar surface area (TPSA) is 55.1 Å². The molecule has 0 saturated heterocycles. The Morgan fingerprint density at radius 3 is 2.52 bits per heavy atom. The molecule has 0 aliphatic heterocycles. The number of nitrogens with one attached hydrogen (secondary N) is 1. The number of rotatable bonds is 3. The Hall–Kier alpha value is -2.13. The second-order valence-corrected chi connectivity index (χ2v) is 5.68. The molecule has 0 fully saturated rings. The molecule has 0 aromatic heterocycles. The summed E-state index contributed by atoms with van der Waals surface area (Å²) in [6.45, 7) is 1.93. The van der Waals surface area contributed by atoms with Crippen molar-refractivity contribution in [2.75, 3.05) is 0 Å². The van der Waals surface area contributed by atoms with Crippen LogP contribution >= 0.6 is 0 Å². The Balaban J connectivity index is 1.70. The number of carbonyl (C=O) groups is 1. The van der Waals surface area contributed by atoms with Crippen LogP contribution in [0.15, 0.2) is 54.6 Å². The highest BCUT2D eigenvalue weighted by Gasteiger charge is 2.31. The minimum absolute atomic E-state index is 0.0129. The molecular formula is C18H20N2O. The molecule has 21 heavy (non-hydrogen) atoms. The van der Waals surface area contributed by atoms with Gasteiger partial charge in [-0.2, -0.15) is 0 Å². The summed E-state index contributed by atoms with van der Waals surface area (Å²) in [4.78, 5) is 12.4. The van der Waals surface area contributed by atoms with Crippen molar-refractivity contribution in [1.29, 1.82) is 0 Å². The molecule has 0 bridgehead atoms. The highest BCUT2D eigenvalue weighted by Crippen LogP contribution is 2.29. The van der Waals surface area contributed by atoms with Crippen molar-refractivity contribution in [2.45, 2.75) is 31.3 Å². The number of hydrogen-bond acceptors (Lipinski definition) is 2. The van der Waals surface area contributed by atoms with E-state index in [1.807, 2.05) is 55.5 Å². The van der Waals surface area contributed by atoms with Crippen molar-refractivity contribution >= 4 is 5.91 Å². The first-order valence-electron chi connectivity index (χ1n) is 7.35. The predicted octanol–water partition coefficient (Wildman–Crippen LogP) is 2.53. The highest BCUT2D eigenvalue weighted by atomic mass is 16.1. The average Bonchev–Trinajstić information content (AvgIpc) is 2.84. The smallest absolute Gasteiger partial charge is 0.227 e. The molecule has 3 rings (SSSR count). The third-order valence-corrected chi connectivity index (χ3v) is 4.31. The van der Waals surface area contributed by atoms with E-state index in [-0.39, 0.29) is 23.9 Å². The molecule has 1 aliphatic rings. The van der Waals surface area contributed by atoms with Gasteiger partial charge >= 0.3 is 0 Å². The van der Waals surface area contributed by atoms with Crippen molar-refractivity contribution in [1.82, 2.24) is 5.32 Å². The number of benzene rings is 2. The van der Waals surface area contributed by atoms with E-state index < -0.39 is 0 Å². The van der Waals surface area contributed by atoms with E-state index in [4.69, 9.17) is 5.73 Å². The monoisotopic (exact) mass is 280 g/mol. The van der Waals surface area contributed by atoms with Crippen LogP contribution in [0.1, 0.15) is 35.6 Å². The normalized spacial score (nSPS) is 21.6. The van der Waals surface area contributed by atoms with Crippen molar-refractivity contribution in [2.24, 2.45) is 5.73 Å². The zero-order valence-electron chi connectivity index (χ0n) is 12.1. The maximum Gasteiger partial charge on any atom is 0.227 e. The van der Waals surface area contributed by atoms with Crippen LogP contribution in [0.25, 0.3) is 0 Å². The Kier molecular flexibility index (Phi) is 3.76. The van der Waals surface area contributed by atoms with Crippen molar-refractivity contribution in [3.63, 3.8) is 0 Å². The third-order valence-electron chi connectivity index (χ3n) is 4.31. The maximum atomic E-state index is 12.4. The van der Waals surface area contributed by atoms with Gasteiger partial charge < -0.3 is 11.1 Å². The lowest BCUT2D eigenvalue weighted by Crippen LogP contribution is -2.42. The van der Waals surface area contributed by atoms with Gasteiger partial charge in [0.25, 0.3) is 0 Å². The van der Waals surface area contributed by atoms with Gasteiger partial charge in [0.15, 0.2) is 0 Å². The predicted molar refractivity (Wildman–Crippen MR) is 83.9 cm³/mol. The molecule has 2 aromatic rings. The summed E-state index contributed by atoms with van der Waals surface area (Å²) in [6.07, 6.45) is 0.810. The van der Waals surface area contributed by atoms with E-state index in [1.54, 1.807) is 0 Å². The minimum atomic E-state index is -0.165. The van der Waals surface area contributed by atoms with E-state index in [2.05, 4.69) is 11.4 Å². The molecule has 0 radical (unpaired) electrons. The molecule has 1 amide bonds. The first-order valence-corrected chi connectivity index (χ1v) is 7.35. The molecule has 3 heteroatoms. The Labute approximate surface area is 125 Å². The summed E-state index contributed by atoms with van der Waals surface area (Å²) < 4.78 is 0. The van der Waals surface area contributed by atoms with E-state index in [9.17, 15) is 4.79 Å².